The van der Waals surface area contributed by atoms with Crippen LogP contribution in [0.4, 0.5) is 4.79 Å². The van der Waals surface area contributed by atoms with Gasteiger partial charge in [0.2, 0.25) is 0 Å². The number of urea groups is 1. The molecule has 3 rings (SSSR count). The van der Waals surface area contributed by atoms with Gasteiger partial charge in [-0.1, -0.05) is 112 Å². The van der Waals surface area contributed by atoms with Crippen LogP contribution in [0.3, 0.4) is 0 Å². The van der Waals surface area contributed by atoms with Crippen LogP contribution in [-0.2, 0) is 33.3 Å². The number of aliphatic hydroxyl groups excluding tert-OH is 9. The number of amides is 2. The van der Waals surface area contributed by atoms with Crippen LogP contribution in [0, 0.1) is 11.8 Å². The molecule has 2 amide bonds. The minimum absolute atomic E-state index is 0.0230. The maximum absolute atomic E-state index is 13.2. The molecule has 21 nitrogen and oxygen atoms in total. The third-order valence-corrected chi connectivity index (χ3v) is 13.0. The molecular formula is C53H83N3O18. The number of allylic oxidation sites excluding steroid dienone is 12. The monoisotopic (exact) mass is 1050 g/mol. The summed E-state index contributed by atoms with van der Waals surface area (Å²) in [6, 6.07) is -3.26. The van der Waals surface area contributed by atoms with Gasteiger partial charge in [-0.15, -0.1) is 0 Å². The van der Waals surface area contributed by atoms with Gasteiger partial charge in [-0.3, -0.25) is 9.59 Å². The van der Waals surface area contributed by atoms with Gasteiger partial charge >= 0.3 is 18.0 Å². The highest BCUT2D eigenvalue weighted by atomic mass is 16.7. The number of hydrogen-bond donors (Lipinski definition) is 13. The minimum Gasteiger partial charge on any atom is -0.462 e. The molecule has 6 unspecified atom stereocenters. The van der Waals surface area contributed by atoms with Crippen molar-refractivity contribution in [2.45, 2.75) is 189 Å². The maximum Gasteiger partial charge on any atom is 0.315 e. The van der Waals surface area contributed by atoms with Crippen molar-refractivity contribution in [1.82, 2.24) is 10.6 Å². The molecule has 0 aromatic carbocycles. The van der Waals surface area contributed by atoms with E-state index in [1.54, 1.807) is 87.6 Å². The van der Waals surface area contributed by atoms with E-state index in [1.807, 2.05) is 25.2 Å². The molecule has 0 saturated carbocycles. The van der Waals surface area contributed by atoms with Crippen LogP contribution in [0.25, 0.3) is 0 Å². The maximum atomic E-state index is 13.2. The Labute approximate surface area is 434 Å². The fourth-order valence-corrected chi connectivity index (χ4v) is 8.54. The Morgan fingerprint density at radius 1 is 0.743 bits per heavy atom. The van der Waals surface area contributed by atoms with Crippen LogP contribution < -0.4 is 16.4 Å². The number of cyclic esters (lactones) is 1. The van der Waals surface area contributed by atoms with Gasteiger partial charge in [-0.05, 0) is 33.1 Å². The Morgan fingerprint density at radius 3 is 1.97 bits per heavy atom. The third-order valence-electron chi connectivity index (χ3n) is 13.0. The second kappa shape index (κ2) is 32.9. The van der Waals surface area contributed by atoms with E-state index >= 15 is 0 Å². The zero-order chi connectivity index (χ0) is 55.0. The fraction of sp³-hybridized carbons (Fsp3) is 0.642. The van der Waals surface area contributed by atoms with Crippen LogP contribution in [0.5, 0.6) is 0 Å². The number of rotatable bonds is 8. The normalized spacial score (nSPS) is 41.1. The molecule has 74 heavy (non-hydrogen) atoms. The number of nitrogens with one attached hydrogen (secondary N) is 2. The SMILES string of the molecule is C=CCOC(=O)CCNC(=O)N[C@H]1C2C[C@@H](OC3OC(C)C(O)C(N)C3O)/C=C/C=C/C=C/C=C/C=C/C=C/C=C/[C@H](C)[C@@H](O)[C@@H](C)[C@H](C)OC(=O)C[C@H](O)C[C@H](O)CC[C@@H](O)[C@H](O)C[C@H](O)C[C@](O)(C[C@@H]1O)O2. The van der Waals surface area contributed by atoms with Crippen LogP contribution in [0.15, 0.2) is 97.7 Å². The molecule has 0 aromatic heterocycles. The van der Waals surface area contributed by atoms with Gasteiger partial charge < -0.3 is 91.1 Å². The van der Waals surface area contributed by atoms with E-state index in [1.165, 1.54) is 6.08 Å². The van der Waals surface area contributed by atoms with Gasteiger partial charge in [-0.2, -0.15) is 0 Å². The molecule has 3 aliphatic heterocycles. The highest BCUT2D eigenvalue weighted by molar-refractivity contribution is 5.76. The van der Waals surface area contributed by atoms with Gasteiger partial charge in [0.15, 0.2) is 12.1 Å². The van der Waals surface area contributed by atoms with Gasteiger partial charge in [-0.25, -0.2) is 4.79 Å². The highest BCUT2D eigenvalue weighted by Gasteiger charge is 2.49. The Bertz CT molecular complexity index is 1930. The number of esters is 2. The van der Waals surface area contributed by atoms with Crippen molar-refractivity contribution >= 4 is 18.0 Å². The summed E-state index contributed by atoms with van der Waals surface area (Å²) in [5.41, 5.74) is 6.10. The lowest BCUT2D eigenvalue weighted by atomic mass is 9.87. The second-order valence-corrected chi connectivity index (χ2v) is 19.4. The van der Waals surface area contributed by atoms with Gasteiger partial charge in [0.25, 0.3) is 0 Å². The van der Waals surface area contributed by atoms with Crippen molar-refractivity contribution in [3.05, 3.63) is 97.7 Å². The predicted molar refractivity (Wildman–Crippen MR) is 272 cm³/mol. The number of carbonyl (C=O) groups excluding carboxylic acids is 3. The van der Waals surface area contributed by atoms with Crippen molar-refractivity contribution in [3.63, 3.8) is 0 Å². The summed E-state index contributed by atoms with van der Waals surface area (Å²) in [4.78, 5) is 37.9. The zero-order valence-corrected chi connectivity index (χ0v) is 42.9. The smallest absolute Gasteiger partial charge is 0.315 e. The first kappa shape index (κ1) is 63.9. The summed E-state index contributed by atoms with van der Waals surface area (Å²) in [7, 11) is 0. The predicted octanol–water partition coefficient (Wildman–Crippen LogP) is 0.798. The number of aliphatic hydroxyl groups is 10. The van der Waals surface area contributed by atoms with Crippen molar-refractivity contribution in [2.24, 2.45) is 17.6 Å². The summed E-state index contributed by atoms with van der Waals surface area (Å²) in [6.07, 6.45) is 5.08. The average Bonchev–Trinajstić information content (AvgIpc) is 3.33. The number of nitrogens with two attached hydrogens (primary N) is 1. The first-order valence-electron chi connectivity index (χ1n) is 25.3. The lowest BCUT2D eigenvalue weighted by Crippen LogP contribution is -2.64. The van der Waals surface area contributed by atoms with Gasteiger partial charge in [0, 0.05) is 44.1 Å². The third kappa shape index (κ3) is 22.8. The summed E-state index contributed by atoms with van der Waals surface area (Å²) in [5, 5.41) is 115. The van der Waals surface area contributed by atoms with E-state index in [9.17, 15) is 65.4 Å². The lowest BCUT2D eigenvalue weighted by Gasteiger charge is -2.46. The molecule has 19 atom stereocenters. The zero-order valence-electron chi connectivity index (χ0n) is 42.9. The van der Waals surface area contributed by atoms with E-state index in [-0.39, 0.29) is 51.2 Å². The minimum atomic E-state index is -2.31. The summed E-state index contributed by atoms with van der Waals surface area (Å²) in [5.74, 6) is -4.41. The quantitative estimate of drug-likeness (QED) is 0.118. The molecule has 0 aliphatic carbocycles. The van der Waals surface area contributed by atoms with Crippen molar-refractivity contribution in [3.8, 4) is 0 Å². The molecule has 2 fully saturated rings. The number of ether oxygens (including phenoxy) is 5. The first-order valence-corrected chi connectivity index (χ1v) is 25.3. The Balaban J connectivity index is 1.93. The van der Waals surface area contributed by atoms with E-state index in [0.29, 0.717) is 0 Å². The van der Waals surface area contributed by atoms with Crippen LogP contribution >= 0.6 is 0 Å². The lowest BCUT2D eigenvalue weighted by molar-refractivity contribution is -0.303. The average molecular weight is 1050 g/mol. The van der Waals surface area contributed by atoms with Crippen LogP contribution in [0.1, 0.15) is 85.5 Å². The molecule has 0 spiro atoms. The van der Waals surface area contributed by atoms with Crippen LogP contribution in [-0.4, -0.2) is 186 Å². The first-order chi connectivity index (χ1) is 35.0. The van der Waals surface area contributed by atoms with Crippen LogP contribution in [0.2, 0.25) is 0 Å². The van der Waals surface area contributed by atoms with E-state index in [0.717, 1.165) is 0 Å². The Hall–Kier alpha value is -4.43. The standard InChI is InChI=1S/C53H83N3O18/c1-6-25-70-44(63)23-24-55-52(68)56-47-42(62)31-53(69)30-38(59)27-41(61)40(60)22-21-36(57)26-37(58)28-45(64)71-34(4)33(3)48(65)32(2)19-17-15-13-11-9-7-8-10-12-14-16-18-20-39(29-43(47)74-53)73-51-50(67)46(54)49(66)35(5)72-51/h6-20,32-43,46-51,57-62,65-67,69H,1,21-31,54H2,2-5H3,(H2,55,56,68)/b8-7+,11-9+,12-10+,15-13+,16-14+,19-17+,20-18+/t32-,33-,34-,35?,36+,37+,38-,39-,40+,41+,42-,43?,46?,47+,48+,49?,50?,51?,53+/m0/s1. The topological polar surface area (TPSA) is 350 Å². The number of carbonyl (C=O) groups is 3. The van der Waals surface area contributed by atoms with Crippen molar-refractivity contribution in [2.75, 3.05) is 13.2 Å². The van der Waals surface area contributed by atoms with Gasteiger partial charge in [0.05, 0.1) is 92.1 Å². The molecular weight excluding hydrogens is 967 g/mol. The van der Waals surface area contributed by atoms with Crippen molar-refractivity contribution < 1.29 is 89.1 Å². The molecule has 0 radical (unpaired) electrons. The largest absolute Gasteiger partial charge is 0.462 e. The molecule has 3 heterocycles. The van der Waals surface area contributed by atoms with Gasteiger partial charge in [0.1, 0.15) is 18.8 Å². The van der Waals surface area contributed by atoms with E-state index < -0.39 is 153 Å². The van der Waals surface area contributed by atoms with E-state index in [2.05, 4.69) is 17.2 Å². The van der Waals surface area contributed by atoms with Crippen molar-refractivity contribution in [1.29, 1.82) is 0 Å². The molecule has 418 valence electrons. The fourth-order valence-electron chi connectivity index (χ4n) is 8.54. The Morgan fingerprint density at radius 2 is 1.35 bits per heavy atom. The summed E-state index contributed by atoms with van der Waals surface area (Å²) in [6.45, 7) is 10.1. The highest BCUT2D eigenvalue weighted by Crippen LogP contribution is 2.35. The van der Waals surface area contributed by atoms with E-state index in [4.69, 9.17) is 29.4 Å². The number of hydrogen-bond acceptors (Lipinski definition) is 19. The summed E-state index contributed by atoms with van der Waals surface area (Å²) < 4.78 is 28.6. The molecule has 0 aromatic rings. The molecule has 21 heteroatoms. The number of fused-ring (bicyclic) bond motifs is 2. The summed E-state index contributed by atoms with van der Waals surface area (Å²) >= 11 is 0. The second-order valence-electron chi connectivity index (χ2n) is 19.4. The molecule has 2 saturated heterocycles. The Kier molecular flexibility index (Phi) is 28.4. The molecule has 14 N–H and O–H groups in total. The molecule has 3 aliphatic rings. The molecule has 2 bridgehead atoms.